The number of halogens is 3. The fraction of sp³-hybridized carbons (Fsp3) is 0.684. The van der Waals surface area contributed by atoms with Gasteiger partial charge in [-0.2, -0.15) is 13.2 Å². The van der Waals surface area contributed by atoms with E-state index in [2.05, 4.69) is 9.72 Å². The van der Waals surface area contributed by atoms with Crippen LogP contribution in [0.15, 0.2) is 24.4 Å². The average Bonchev–Trinajstić information content (AvgIpc) is 3.08. The molecule has 1 aromatic rings. The minimum Gasteiger partial charge on any atom is -0.478 e. The van der Waals surface area contributed by atoms with E-state index in [1.54, 1.807) is 12.3 Å². The summed E-state index contributed by atoms with van der Waals surface area (Å²) in [5.41, 5.74) is -0.354. The molecule has 162 valence electrons. The molecule has 1 spiro atoms. The lowest BCUT2D eigenvalue weighted by Gasteiger charge is -2.38. The molecule has 2 saturated heterocycles. The van der Waals surface area contributed by atoms with Crippen molar-refractivity contribution in [2.24, 2.45) is 5.92 Å². The Hall–Kier alpha value is -2.07. The van der Waals surface area contributed by atoms with Crippen LogP contribution < -0.4 is 4.74 Å². The zero-order valence-corrected chi connectivity index (χ0v) is 15.9. The van der Waals surface area contributed by atoms with Gasteiger partial charge in [-0.3, -0.25) is 0 Å². The highest BCUT2D eigenvalue weighted by molar-refractivity contribution is 5.68. The Labute approximate surface area is 166 Å². The summed E-state index contributed by atoms with van der Waals surface area (Å²) in [5, 5.41) is 8.80. The maximum absolute atomic E-state index is 12.7. The lowest BCUT2D eigenvalue weighted by atomic mass is 9.85. The third-order valence-electron chi connectivity index (χ3n) is 5.41. The predicted molar refractivity (Wildman–Crippen MR) is 95.4 cm³/mol. The van der Waals surface area contributed by atoms with Crippen LogP contribution in [0.2, 0.25) is 0 Å². The summed E-state index contributed by atoms with van der Waals surface area (Å²) >= 11 is 0. The summed E-state index contributed by atoms with van der Waals surface area (Å²) in [4.78, 5) is 17.3. The molecule has 2 aliphatic rings. The SMILES string of the molecule is O=C(O[C@H](CO)C(F)(F)F)N1CCC2(CC1)CC(CCOc1ccccn1)CO2. The number of aliphatic hydroxyl groups excluding tert-OH is 1. The molecular weight excluding hydrogens is 393 g/mol. The number of aromatic nitrogens is 1. The monoisotopic (exact) mass is 418 g/mol. The largest absolute Gasteiger partial charge is 0.478 e. The lowest BCUT2D eigenvalue weighted by molar-refractivity contribution is -0.215. The standard InChI is InChI=1S/C19H25F3N2O5/c20-19(21,22)15(12-25)29-17(26)24-8-5-18(6-9-24)11-14(13-28-18)4-10-27-16-3-1-2-7-23-16/h1-3,7,14-15,25H,4-6,8-13H2/t14?,15-/m1/s1. The van der Waals surface area contributed by atoms with Crippen molar-refractivity contribution in [2.75, 3.05) is 32.9 Å². The Morgan fingerprint density at radius 1 is 1.38 bits per heavy atom. The molecule has 3 heterocycles. The molecule has 3 rings (SSSR count). The predicted octanol–water partition coefficient (Wildman–Crippen LogP) is 2.78. The quantitative estimate of drug-likeness (QED) is 0.765. The second kappa shape index (κ2) is 9.17. The van der Waals surface area contributed by atoms with E-state index in [1.807, 2.05) is 12.1 Å². The first-order valence-electron chi connectivity index (χ1n) is 9.62. The molecule has 7 nitrogen and oxygen atoms in total. The first kappa shape index (κ1) is 21.6. The third-order valence-corrected chi connectivity index (χ3v) is 5.41. The fourth-order valence-corrected chi connectivity index (χ4v) is 3.74. The van der Waals surface area contributed by atoms with E-state index in [4.69, 9.17) is 14.6 Å². The number of amides is 1. The number of rotatable bonds is 6. The van der Waals surface area contributed by atoms with Crippen molar-refractivity contribution in [3.05, 3.63) is 24.4 Å². The number of ether oxygens (including phenoxy) is 3. The number of pyridine rings is 1. The Morgan fingerprint density at radius 3 is 2.76 bits per heavy atom. The third kappa shape index (κ3) is 5.72. The molecule has 0 saturated carbocycles. The molecule has 10 heteroatoms. The van der Waals surface area contributed by atoms with Crippen molar-refractivity contribution < 1.29 is 37.3 Å². The van der Waals surface area contributed by atoms with Gasteiger partial charge in [0.25, 0.3) is 0 Å². The number of aliphatic hydroxyl groups is 1. The number of carbonyl (C=O) groups excluding carboxylic acids is 1. The van der Waals surface area contributed by atoms with E-state index in [0.717, 1.165) is 12.8 Å². The molecule has 1 aromatic heterocycles. The Bertz CT molecular complexity index is 666. The fourth-order valence-electron chi connectivity index (χ4n) is 3.74. The van der Waals surface area contributed by atoms with E-state index in [-0.39, 0.29) is 18.7 Å². The van der Waals surface area contributed by atoms with Gasteiger partial charge in [0.15, 0.2) is 0 Å². The number of carbonyl (C=O) groups is 1. The lowest BCUT2D eigenvalue weighted by Crippen LogP contribution is -2.49. The summed E-state index contributed by atoms with van der Waals surface area (Å²) in [5.74, 6) is 0.897. The summed E-state index contributed by atoms with van der Waals surface area (Å²) in [7, 11) is 0. The maximum Gasteiger partial charge on any atom is 0.427 e. The van der Waals surface area contributed by atoms with Crippen molar-refractivity contribution in [2.45, 2.75) is 43.6 Å². The summed E-state index contributed by atoms with van der Waals surface area (Å²) < 4.78 is 54.0. The topological polar surface area (TPSA) is 81.1 Å². The van der Waals surface area contributed by atoms with Crippen LogP contribution in [0.3, 0.4) is 0 Å². The van der Waals surface area contributed by atoms with Crippen LogP contribution in [-0.2, 0) is 9.47 Å². The summed E-state index contributed by atoms with van der Waals surface area (Å²) in [6.07, 6.45) is -3.98. The Morgan fingerprint density at radius 2 is 2.14 bits per heavy atom. The van der Waals surface area contributed by atoms with Gasteiger partial charge >= 0.3 is 12.3 Å². The van der Waals surface area contributed by atoms with Gasteiger partial charge in [-0.15, -0.1) is 0 Å². The van der Waals surface area contributed by atoms with Crippen LogP contribution >= 0.6 is 0 Å². The maximum atomic E-state index is 12.7. The van der Waals surface area contributed by atoms with Crippen molar-refractivity contribution >= 4 is 6.09 Å². The van der Waals surface area contributed by atoms with Crippen LogP contribution in [0.5, 0.6) is 5.88 Å². The molecule has 0 bridgehead atoms. The van der Waals surface area contributed by atoms with Crippen LogP contribution in [0, 0.1) is 5.92 Å². The van der Waals surface area contributed by atoms with E-state index in [0.29, 0.717) is 37.9 Å². The normalized spacial score (nSPS) is 22.5. The van der Waals surface area contributed by atoms with Gasteiger partial charge in [0, 0.05) is 25.4 Å². The van der Waals surface area contributed by atoms with Crippen molar-refractivity contribution in [3.63, 3.8) is 0 Å². The number of likely N-dealkylation sites (tertiary alicyclic amines) is 1. The zero-order valence-electron chi connectivity index (χ0n) is 15.9. The van der Waals surface area contributed by atoms with Crippen molar-refractivity contribution in [1.82, 2.24) is 9.88 Å². The Balaban J connectivity index is 1.41. The van der Waals surface area contributed by atoms with Crippen LogP contribution in [-0.4, -0.2) is 71.9 Å². The van der Waals surface area contributed by atoms with E-state index in [9.17, 15) is 18.0 Å². The van der Waals surface area contributed by atoms with Crippen LogP contribution in [0.1, 0.15) is 25.7 Å². The molecule has 29 heavy (non-hydrogen) atoms. The van der Waals surface area contributed by atoms with Gasteiger partial charge < -0.3 is 24.2 Å². The highest BCUT2D eigenvalue weighted by Crippen LogP contribution is 2.40. The molecular formula is C19H25F3N2O5. The minimum atomic E-state index is -4.79. The average molecular weight is 418 g/mol. The van der Waals surface area contributed by atoms with Crippen LogP contribution in [0.25, 0.3) is 0 Å². The number of hydrogen-bond donors (Lipinski definition) is 1. The van der Waals surface area contributed by atoms with Gasteiger partial charge in [-0.05, 0) is 37.7 Å². The number of nitrogens with zero attached hydrogens (tertiary/aromatic N) is 2. The molecule has 2 fully saturated rings. The van der Waals surface area contributed by atoms with Gasteiger partial charge in [0.2, 0.25) is 12.0 Å². The molecule has 1 unspecified atom stereocenters. The van der Waals surface area contributed by atoms with Gasteiger partial charge in [0.1, 0.15) is 0 Å². The van der Waals surface area contributed by atoms with E-state index < -0.39 is 25.0 Å². The molecule has 1 amide bonds. The van der Waals surface area contributed by atoms with Crippen molar-refractivity contribution in [1.29, 1.82) is 0 Å². The highest BCUT2D eigenvalue weighted by atomic mass is 19.4. The van der Waals surface area contributed by atoms with E-state index >= 15 is 0 Å². The van der Waals surface area contributed by atoms with Gasteiger partial charge in [0.05, 0.1) is 25.4 Å². The summed E-state index contributed by atoms with van der Waals surface area (Å²) in [6.45, 7) is 0.340. The first-order chi connectivity index (χ1) is 13.8. The molecule has 0 radical (unpaired) electrons. The molecule has 0 aromatic carbocycles. The molecule has 1 N–H and O–H groups in total. The van der Waals surface area contributed by atoms with Crippen LogP contribution in [0.4, 0.5) is 18.0 Å². The zero-order chi connectivity index (χ0) is 20.9. The van der Waals surface area contributed by atoms with E-state index in [1.165, 1.54) is 4.90 Å². The van der Waals surface area contributed by atoms with Gasteiger partial charge in [-0.25, -0.2) is 9.78 Å². The smallest absolute Gasteiger partial charge is 0.427 e. The first-order valence-corrected chi connectivity index (χ1v) is 9.62. The molecule has 0 aliphatic carbocycles. The van der Waals surface area contributed by atoms with Crippen molar-refractivity contribution in [3.8, 4) is 5.88 Å². The number of alkyl halides is 3. The number of hydrogen-bond acceptors (Lipinski definition) is 6. The highest BCUT2D eigenvalue weighted by Gasteiger charge is 2.46. The second-order valence-corrected chi connectivity index (χ2v) is 7.45. The molecule has 2 aliphatic heterocycles. The second-order valence-electron chi connectivity index (χ2n) is 7.45. The Kier molecular flexibility index (Phi) is 6.84. The van der Waals surface area contributed by atoms with Gasteiger partial charge in [-0.1, -0.05) is 6.07 Å². The number of piperidine rings is 1. The molecule has 2 atom stereocenters. The minimum absolute atomic E-state index is 0.256. The summed E-state index contributed by atoms with van der Waals surface area (Å²) in [6, 6.07) is 5.46.